The van der Waals surface area contributed by atoms with Crippen LogP contribution in [0.25, 0.3) is 0 Å². The van der Waals surface area contributed by atoms with Gasteiger partial charge in [0.2, 0.25) is 5.91 Å². The Morgan fingerprint density at radius 2 is 2.23 bits per heavy atom. The molecule has 0 N–H and O–H groups in total. The summed E-state index contributed by atoms with van der Waals surface area (Å²) < 4.78 is 11.6. The van der Waals surface area contributed by atoms with Crippen molar-refractivity contribution in [1.82, 2.24) is 0 Å². The third kappa shape index (κ3) is 2.65. The molecular weight excluding hydrogens is 330 g/mol. The van der Waals surface area contributed by atoms with Gasteiger partial charge in [0.1, 0.15) is 11.5 Å². The lowest BCUT2D eigenvalue weighted by Crippen LogP contribution is -2.40. The van der Waals surface area contributed by atoms with Crippen LogP contribution in [0.1, 0.15) is 31.7 Å². The van der Waals surface area contributed by atoms with Gasteiger partial charge in [-0.25, -0.2) is 0 Å². The molecule has 0 saturated carbocycles. The standard InChI is InChI=1S/C21H25NO4/c1-3-4-5-11-25-20(24)17-16-9-10-21(26-16)13-22(19(23)18(17)21)15-8-6-7-14(2)12-15/h6-10,12,16-18H,3-5,11,13H2,1-2H3/t16-,17-,18+,21+/m1/s1. The Labute approximate surface area is 154 Å². The first-order chi connectivity index (χ1) is 12.6. The molecule has 4 atom stereocenters. The molecule has 5 nitrogen and oxygen atoms in total. The van der Waals surface area contributed by atoms with Gasteiger partial charge >= 0.3 is 5.97 Å². The van der Waals surface area contributed by atoms with Crippen molar-refractivity contribution in [2.75, 3.05) is 18.1 Å². The number of unbranched alkanes of at least 4 members (excludes halogenated alkanes) is 2. The van der Waals surface area contributed by atoms with Crippen molar-refractivity contribution in [3.63, 3.8) is 0 Å². The van der Waals surface area contributed by atoms with Gasteiger partial charge in [-0.2, -0.15) is 0 Å². The highest BCUT2D eigenvalue weighted by atomic mass is 16.6. The minimum absolute atomic E-state index is 0.0436. The van der Waals surface area contributed by atoms with Gasteiger partial charge in [-0.1, -0.05) is 44.1 Å². The van der Waals surface area contributed by atoms with E-state index in [0.717, 1.165) is 30.5 Å². The molecule has 2 fully saturated rings. The van der Waals surface area contributed by atoms with Crippen molar-refractivity contribution in [1.29, 1.82) is 0 Å². The second kappa shape index (κ2) is 6.54. The maximum atomic E-state index is 13.2. The van der Waals surface area contributed by atoms with Crippen LogP contribution >= 0.6 is 0 Å². The summed E-state index contributed by atoms with van der Waals surface area (Å²) in [7, 11) is 0. The van der Waals surface area contributed by atoms with E-state index in [4.69, 9.17) is 9.47 Å². The van der Waals surface area contributed by atoms with Gasteiger partial charge in [0.05, 0.1) is 25.2 Å². The third-order valence-corrected chi connectivity index (χ3v) is 5.68. The molecule has 1 aromatic carbocycles. The lowest BCUT2D eigenvalue weighted by Gasteiger charge is -2.22. The number of ether oxygens (including phenoxy) is 2. The van der Waals surface area contributed by atoms with Gasteiger partial charge in [0, 0.05) is 5.69 Å². The van der Waals surface area contributed by atoms with Crippen molar-refractivity contribution in [3.05, 3.63) is 42.0 Å². The van der Waals surface area contributed by atoms with Crippen LogP contribution in [0.5, 0.6) is 0 Å². The number of rotatable bonds is 6. The van der Waals surface area contributed by atoms with Gasteiger partial charge in [0.25, 0.3) is 0 Å². The Balaban J connectivity index is 1.55. The van der Waals surface area contributed by atoms with Crippen LogP contribution in [0.15, 0.2) is 36.4 Å². The molecule has 3 aliphatic heterocycles. The zero-order valence-electron chi connectivity index (χ0n) is 15.3. The van der Waals surface area contributed by atoms with Crippen LogP contribution in [0, 0.1) is 18.8 Å². The monoisotopic (exact) mass is 355 g/mol. The fourth-order valence-electron chi connectivity index (χ4n) is 4.40. The van der Waals surface area contributed by atoms with Crippen molar-refractivity contribution in [3.8, 4) is 0 Å². The van der Waals surface area contributed by atoms with Crippen LogP contribution in [-0.2, 0) is 19.1 Å². The zero-order valence-corrected chi connectivity index (χ0v) is 15.3. The normalized spacial score (nSPS) is 31.5. The van der Waals surface area contributed by atoms with E-state index in [9.17, 15) is 9.59 Å². The molecule has 5 heteroatoms. The Morgan fingerprint density at radius 3 is 3.00 bits per heavy atom. The molecule has 26 heavy (non-hydrogen) atoms. The predicted octanol–water partition coefficient (Wildman–Crippen LogP) is 3.01. The summed E-state index contributed by atoms with van der Waals surface area (Å²) in [6, 6.07) is 7.86. The predicted molar refractivity (Wildman–Crippen MR) is 97.7 cm³/mol. The van der Waals surface area contributed by atoms with Gasteiger partial charge in [-0.05, 0) is 31.0 Å². The molecule has 0 aliphatic carbocycles. The van der Waals surface area contributed by atoms with Crippen molar-refractivity contribution in [2.24, 2.45) is 11.8 Å². The number of esters is 1. The van der Waals surface area contributed by atoms with E-state index in [2.05, 4.69) is 6.92 Å². The van der Waals surface area contributed by atoms with Gasteiger partial charge in [-0.3, -0.25) is 9.59 Å². The number of carbonyl (C=O) groups is 2. The molecule has 2 saturated heterocycles. The molecular formula is C21H25NO4. The summed E-state index contributed by atoms with van der Waals surface area (Å²) in [4.78, 5) is 27.6. The number of aryl methyl sites for hydroxylation is 1. The summed E-state index contributed by atoms with van der Waals surface area (Å²) in [5.74, 6) is -1.37. The highest BCUT2D eigenvalue weighted by Gasteiger charge is 2.67. The molecule has 0 unspecified atom stereocenters. The smallest absolute Gasteiger partial charge is 0.312 e. The molecule has 1 spiro atoms. The molecule has 1 aromatic rings. The molecule has 4 rings (SSSR count). The lowest BCUT2D eigenvalue weighted by molar-refractivity contribution is -0.152. The van der Waals surface area contributed by atoms with E-state index in [1.807, 2.05) is 43.3 Å². The summed E-state index contributed by atoms with van der Waals surface area (Å²) in [6.07, 6.45) is 6.51. The van der Waals surface area contributed by atoms with Crippen LogP contribution in [0.2, 0.25) is 0 Å². The number of nitrogens with zero attached hydrogens (tertiary/aromatic N) is 1. The highest BCUT2D eigenvalue weighted by Crippen LogP contribution is 2.52. The lowest BCUT2D eigenvalue weighted by atomic mass is 9.77. The number of hydrogen-bond acceptors (Lipinski definition) is 4. The minimum Gasteiger partial charge on any atom is -0.465 e. The quantitative estimate of drug-likeness (QED) is 0.447. The second-order valence-corrected chi connectivity index (χ2v) is 7.54. The molecule has 0 radical (unpaired) electrons. The largest absolute Gasteiger partial charge is 0.465 e. The first kappa shape index (κ1) is 17.3. The van der Waals surface area contributed by atoms with Crippen molar-refractivity contribution in [2.45, 2.75) is 44.8 Å². The number of benzene rings is 1. The number of hydrogen-bond donors (Lipinski definition) is 0. The average molecular weight is 355 g/mol. The molecule has 138 valence electrons. The molecule has 2 bridgehead atoms. The number of carbonyl (C=O) groups excluding carboxylic acids is 2. The molecule has 3 heterocycles. The summed E-state index contributed by atoms with van der Waals surface area (Å²) in [6.45, 7) is 4.97. The Morgan fingerprint density at radius 1 is 1.38 bits per heavy atom. The SMILES string of the molecule is CCCCCOC(=O)[C@H]1[C@H]2C(=O)N(c3cccc(C)c3)C[C@@]23C=C[C@H]1O3. The van der Waals surface area contributed by atoms with Crippen LogP contribution in [0.4, 0.5) is 5.69 Å². The van der Waals surface area contributed by atoms with E-state index in [1.54, 1.807) is 4.90 Å². The Hall–Kier alpha value is -2.14. The van der Waals surface area contributed by atoms with E-state index < -0.39 is 17.4 Å². The Bertz CT molecular complexity index is 758. The minimum atomic E-state index is -0.696. The van der Waals surface area contributed by atoms with Crippen LogP contribution in [-0.4, -0.2) is 36.7 Å². The van der Waals surface area contributed by atoms with E-state index >= 15 is 0 Å². The van der Waals surface area contributed by atoms with Gasteiger partial charge in [0.15, 0.2) is 0 Å². The number of fused-ring (bicyclic) bond motifs is 1. The fraction of sp³-hybridized carbons (Fsp3) is 0.524. The summed E-state index contributed by atoms with van der Waals surface area (Å²) in [5.41, 5.74) is 1.25. The topological polar surface area (TPSA) is 55.8 Å². The zero-order chi connectivity index (χ0) is 18.3. The van der Waals surface area contributed by atoms with Crippen molar-refractivity contribution >= 4 is 17.6 Å². The first-order valence-electron chi connectivity index (χ1n) is 9.47. The number of amides is 1. The molecule has 0 aromatic heterocycles. The molecule has 1 amide bonds. The first-order valence-corrected chi connectivity index (χ1v) is 9.47. The van der Waals surface area contributed by atoms with E-state index in [1.165, 1.54) is 0 Å². The Kier molecular flexibility index (Phi) is 4.35. The van der Waals surface area contributed by atoms with E-state index in [0.29, 0.717) is 13.2 Å². The third-order valence-electron chi connectivity index (χ3n) is 5.68. The summed E-state index contributed by atoms with van der Waals surface area (Å²) in [5, 5.41) is 0. The van der Waals surface area contributed by atoms with Crippen LogP contribution in [0.3, 0.4) is 0 Å². The number of anilines is 1. The molecule has 3 aliphatic rings. The maximum Gasteiger partial charge on any atom is 0.312 e. The highest BCUT2D eigenvalue weighted by molar-refractivity contribution is 6.02. The van der Waals surface area contributed by atoms with E-state index in [-0.39, 0.29) is 18.0 Å². The van der Waals surface area contributed by atoms with Crippen molar-refractivity contribution < 1.29 is 19.1 Å². The second-order valence-electron chi connectivity index (χ2n) is 7.54. The van der Waals surface area contributed by atoms with Gasteiger partial charge in [-0.15, -0.1) is 0 Å². The van der Waals surface area contributed by atoms with Crippen LogP contribution < -0.4 is 4.90 Å². The fourth-order valence-corrected chi connectivity index (χ4v) is 4.40. The van der Waals surface area contributed by atoms with Gasteiger partial charge < -0.3 is 14.4 Å². The maximum absolute atomic E-state index is 13.2. The average Bonchev–Trinajstić information content (AvgIpc) is 3.27. The summed E-state index contributed by atoms with van der Waals surface area (Å²) >= 11 is 0.